The predicted molar refractivity (Wildman–Crippen MR) is 113 cm³/mol. The van der Waals surface area contributed by atoms with Crippen molar-refractivity contribution < 1.29 is 19.1 Å². The van der Waals surface area contributed by atoms with E-state index in [0.717, 1.165) is 6.42 Å². The molecule has 0 heterocycles. The van der Waals surface area contributed by atoms with Crippen LogP contribution in [0.2, 0.25) is 0 Å². The first-order chi connectivity index (χ1) is 14.1. The van der Waals surface area contributed by atoms with Gasteiger partial charge in [0.05, 0.1) is 7.11 Å². The van der Waals surface area contributed by atoms with Gasteiger partial charge in [0.15, 0.2) is 18.1 Å². The molecular weight excluding hydrogens is 368 g/mol. The molecule has 0 aliphatic heterocycles. The van der Waals surface area contributed by atoms with E-state index in [1.54, 1.807) is 37.4 Å². The van der Waals surface area contributed by atoms with E-state index in [-0.39, 0.29) is 18.4 Å². The van der Waals surface area contributed by atoms with Gasteiger partial charge in [-0.05, 0) is 42.7 Å². The second-order valence-electron chi connectivity index (χ2n) is 7.31. The Morgan fingerprint density at radius 3 is 2.28 bits per heavy atom. The first-order valence-corrected chi connectivity index (χ1v) is 10.1. The van der Waals surface area contributed by atoms with Crippen molar-refractivity contribution >= 4 is 23.2 Å². The fourth-order valence-corrected chi connectivity index (χ4v) is 3.61. The molecule has 1 aliphatic rings. The molecule has 1 saturated carbocycles. The Morgan fingerprint density at radius 1 is 0.931 bits per heavy atom. The lowest BCUT2D eigenvalue weighted by atomic mass is 10.0. The highest BCUT2D eigenvalue weighted by atomic mass is 16.5. The van der Waals surface area contributed by atoms with Gasteiger partial charge in [0, 0.05) is 17.8 Å². The van der Waals surface area contributed by atoms with Crippen LogP contribution in [-0.4, -0.2) is 25.5 Å². The molecular formula is C23H28N2O4. The highest BCUT2D eigenvalue weighted by Gasteiger charge is 2.16. The van der Waals surface area contributed by atoms with Crippen molar-refractivity contribution in [3.8, 4) is 11.5 Å². The highest BCUT2D eigenvalue weighted by molar-refractivity contribution is 5.94. The van der Waals surface area contributed by atoms with E-state index < -0.39 is 0 Å². The summed E-state index contributed by atoms with van der Waals surface area (Å²) in [5.74, 6) is 1.49. The van der Waals surface area contributed by atoms with E-state index in [1.165, 1.54) is 25.7 Å². The molecule has 3 rings (SSSR count). The molecule has 0 radical (unpaired) electrons. The summed E-state index contributed by atoms with van der Waals surface area (Å²) >= 11 is 0. The fourth-order valence-electron chi connectivity index (χ4n) is 3.61. The van der Waals surface area contributed by atoms with Crippen molar-refractivity contribution in [2.24, 2.45) is 5.92 Å². The zero-order valence-corrected chi connectivity index (χ0v) is 16.8. The third kappa shape index (κ3) is 6.52. The maximum atomic E-state index is 12.2. The summed E-state index contributed by atoms with van der Waals surface area (Å²) in [5, 5.41) is 5.70. The molecule has 0 spiro atoms. The van der Waals surface area contributed by atoms with Crippen LogP contribution in [0.25, 0.3) is 0 Å². The summed E-state index contributed by atoms with van der Waals surface area (Å²) in [6, 6.07) is 14.3. The number of rotatable bonds is 9. The van der Waals surface area contributed by atoms with Crippen LogP contribution in [0.1, 0.15) is 38.5 Å². The zero-order valence-electron chi connectivity index (χ0n) is 16.8. The van der Waals surface area contributed by atoms with Gasteiger partial charge in [-0.25, -0.2) is 0 Å². The summed E-state index contributed by atoms with van der Waals surface area (Å²) in [4.78, 5) is 24.4. The minimum Gasteiger partial charge on any atom is -0.493 e. The molecule has 1 fully saturated rings. The van der Waals surface area contributed by atoms with Crippen molar-refractivity contribution in [2.75, 3.05) is 24.4 Å². The Labute approximate surface area is 171 Å². The van der Waals surface area contributed by atoms with Gasteiger partial charge in [0.25, 0.3) is 5.91 Å². The Morgan fingerprint density at radius 2 is 1.59 bits per heavy atom. The summed E-state index contributed by atoms with van der Waals surface area (Å²) in [6.07, 6.45) is 6.54. The van der Waals surface area contributed by atoms with Crippen molar-refractivity contribution in [3.63, 3.8) is 0 Å². The Bertz CT molecular complexity index is 831. The third-order valence-electron chi connectivity index (χ3n) is 5.11. The maximum Gasteiger partial charge on any atom is 0.262 e. The SMILES string of the molecule is COc1ccccc1OCC(=O)Nc1cccc(NC(=O)CCC2CCCC2)c1. The normalized spacial score (nSPS) is 13.7. The number of hydrogen-bond donors (Lipinski definition) is 2. The van der Waals surface area contributed by atoms with Crippen molar-refractivity contribution in [1.82, 2.24) is 0 Å². The highest BCUT2D eigenvalue weighted by Crippen LogP contribution is 2.29. The number of benzene rings is 2. The van der Waals surface area contributed by atoms with E-state index in [1.807, 2.05) is 18.2 Å². The number of nitrogens with one attached hydrogen (secondary N) is 2. The lowest BCUT2D eigenvalue weighted by Gasteiger charge is -2.12. The van der Waals surface area contributed by atoms with Crippen molar-refractivity contribution in [2.45, 2.75) is 38.5 Å². The Balaban J connectivity index is 1.47. The van der Waals surface area contributed by atoms with E-state index in [4.69, 9.17) is 9.47 Å². The lowest BCUT2D eigenvalue weighted by molar-refractivity contribution is -0.118. The number of methoxy groups -OCH3 is 1. The van der Waals surface area contributed by atoms with Crippen molar-refractivity contribution in [3.05, 3.63) is 48.5 Å². The minimum absolute atomic E-state index is 0.0138. The predicted octanol–water partition coefficient (Wildman–Crippen LogP) is 4.62. The molecule has 0 atom stereocenters. The molecule has 0 aromatic heterocycles. The topological polar surface area (TPSA) is 76.7 Å². The van der Waals surface area contributed by atoms with E-state index in [9.17, 15) is 9.59 Å². The van der Waals surface area contributed by atoms with E-state index >= 15 is 0 Å². The standard InChI is InChI=1S/C23H28N2O4/c1-28-20-11-4-5-12-21(20)29-16-23(27)25-19-10-6-9-18(15-19)24-22(26)14-13-17-7-2-3-8-17/h4-6,9-12,15,17H,2-3,7-8,13-14,16H2,1H3,(H,24,26)(H,25,27). The van der Waals surface area contributed by atoms with Gasteiger partial charge >= 0.3 is 0 Å². The molecule has 29 heavy (non-hydrogen) atoms. The minimum atomic E-state index is -0.291. The molecule has 6 heteroatoms. The Kier molecular flexibility index (Phi) is 7.50. The third-order valence-corrected chi connectivity index (χ3v) is 5.11. The second-order valence-corrected chi connectivity index (χ2v) is 7.31. The van der Waals surface area contributed by atoms with Gasteiger partial charge in [-0.1, -0.05) is 43.9 Å². The molecule has 154 valence electrons. The second kappa shape index (κ2) is 10.5. The van der Waals surface area contributed by atoms with Crippen LogP contribution in [-0.2, 0) is 9.59 Å². The van der Waals surface area contributed by atoms with Crippen LogP contribution in [0, 0.1) is 5.92 Å². The number of para-hydroxylation sites is 2. The number of anilines is 2. The van der Waals surface area contributed by atoms with Gasteiger partial charge < -0.3 is 20.1 Å². The number of amides is 2. The van der Waals surface area contributed by atoms with Crippen LogP contribution in [0.3, 0.4) is 0 Å². The number of carbonyl (C=O) groups is 2. The van der Waals surface area contributed by atoms with E-state index in [2.05, 4.69) is 10.6 Å². The largest absolute Gasteiger partial charge is 0.493 e. The number of carbonyl (C=O) groups excluding carboxylic acids is 2. The molecule has 0 saturated heterocycles. The first kappa shape index (κ1) is 20.7. The average molecular weight is 396 g/mol. The molecule has 1 aliphatic carbocycles. The van der Waals surface area contributed by atoms with Gasteiger partial charge in [-0.3, -0.25) is 9.59 Å². The maximum absolute atomic E-state index is 12.2. The molecule has 2 aromatic carbocycles. The van der Waals surface area contributed by atoms with Gasteiger partial charge in [-0.15, -0.1) is 0 Å². The Hall–Kier alpha value is -3.02. The van der Waals surface area contributed by atoms with E-state index in [0.29, 0.717) is 35.2 Å². The summed E-state index contributed by atoms with van der Waals surface area (Å²) in [5.41, 5.74) is 1.28. The molecule has 2 N–H and O–H groups in total. The monoisotopic (exact) mass is 396 g/mol. The molecule has 0 bridgehead atoms. The molecule has 0 unspecified atom stereocenters. The van der Waals surface area contributed by atoms with Gasteiger partial charge in [0.2, 0.25) is 5.91 Å². The summed E-state index contributed by atoms with van der Waals surface area (Å²) < 4.78 is 10.7. The zero-order chi connectivity index (χ0) is 20.5. The number of hydrogen-bond acceptors (Lipinski definition) is 4. The first-order valence-electron chi connectivity index (χ1n) is 10.1. The van der Waals surface area contributed by atoms with Crippen LogP contribution in [0.5, 0.6) is 11.5 Å². The molecule has 2 aromatic rings. The van der Waals surface area contributed by atoms with Crippen molar-refractivity contribution in [1.29, 1.82) is 0 Å². The fraction of sp³-hybridized carbons (Fsp3) is 0.391. The smallest absolute Gasteiger partial charge is 0.262 e. The lowest BCUT2D eigenvalue weighted by Crippen LogP contribution is -2.20. The van der Waals surface area contributed by atoms with Crippen LogP contribution in [0.15, 0.2) is 48.5 Å². The summed E-state index contributed by atoms with van der Waals surface area (Å²) in [6.45, 7) is -0.141. The number of ether oxygens (including phenoxy) is 2. The van der Waals surface area contributed by atoms with Gasteiger partial charge in [0.1, 0.15) is 0 Å². The van der Waals surface area contributed by atoms with Crippen LogP contribution < -0.4 is 20.1 Å². The quantitative estimate of drug-likeness (QED) is 0.648. The summed E-state index contributed by atoms with van der Waals surface area (Å²) in [7, 11) is 1.55. The molecule has 2 amide bonds. The van der Waals surface area contributed by atoms with Gasteiger partial charge in [-0.2, -0.15) is 0 Å². The van der Waals surface area contributed by atoms with Crippen LogP contribution >= 0.6 is 0 Å². The van der Waals surface area contributed by atoms with Crippen LogP contribution in [0.4, 0.5) is 11.4 Å². The average Bonchev–Trinajstić information content (AvgIpc) is 3.25. The molecule has 6 nitrogen and oxygen atoms in total.